The van der Waals surface area contributed by atoms with Gasteiger partial charge >= 0.3 is 0 Å². The first-order valence-electron chi connectivity index (χ1n) is 5.40. The molecular formula is C12H12BrN5. The number of nitrogens with zero attached hydrogens (tertiary/aromatic N) is 3. The molecule has 0 aliphatic rings. The number of anilines is 2. The predicted octanol–water partition coefficient (Wildman–Crippen LogP) is 2.21. The molecule has 1 aromatic heterocycles. The number of rotatable bonds is 4. The lowest BCUT2D eigenvalue weighted by molar-refractivity contribution is 0.638. The molecule has 0 atom stereocenters. The van der Waals surface area contributed by atoms with Crippen LogP contribution in [0.15, 0.2) is 35.1 Å². The third kappa shape index (κ3) is 3.02. The molecule has 3 N–H and O–H groups in total. The van der Waals surface area contributed by atoms with Gasteiger partial charge in [0.05, 0.1) is 24.0 Å². The summed E-state index contributed by atoms with van der Waals surface area (Å²) >= 11 is 3.35. The van der Waals surface area contributed by atoms with Gasteiger partial charge in [-0.3, -0.25) is 4.68 Å². The zero-order chi connectivity index (χ0) is 13.0. The van der Waals surface area contributed by atoms with Gasteiger partial charge in [0.1, 0.15) is 6.07 Å². The minimum absolute atomic E-state index is 0.625. The first-order chi connectivity index (χ1) is 8.69. The van der Waals surface area contributed by atoms with Crippen LogP contribution in [0.2, 0.25) is 0 Å². The maximum absolute atomic E-state index is 8.81. The number of nitrogen functional groups attached to an aromatic ring is 1. The molecule has 6 heteroatoms. The quantitative estimate of drug-likeness (QED) is 0.907. The van der Waals surface area contributed by atoms with Crippen LogP contribution < -0.4 is 11.1 Å². The number of nitriles is 1. The average Bonchev–Trinajstić information content (AvgIpc) is 2.75. The van der Waals surface area contributed by atoms with Gasteiger partial charge in [0.25, 0.3) is 0 Å². The number of nitrogens with two attached hydrogens (primary N) is 1. The molecular weight excluding hydrogens is 294 g/mol. The molecule has 0 radical (unpaired) electrons. The molecule has 92 valence electrons. The molecule has 5 nitrogen and oxygen atoms in total. The molecule has 0 saturated carbocycles. The summed E-state index contributed by atoms with van der Waals surface area (Å²) in [6.45, 7) is 1.47. The zero-order valence-electron chi connectivity index (χ0n) is 9.60. The van der Waals surface area contributed by atoms with Gasteiger partial charge in [-0.2, -0.15) is 10.4 Å². The minimum Gasteiger partial charge on any atom is -0.396 e. The summed E-state index contributed by atoms with van der Waals surface area (Å²) in [6, 6.07) is 7.64. The number of benzene rings is 1. The summed E-state index contributed by atoms with van der Waals surface area (Å²) in [6.07, 6.45) is 3.41. The van der Waals surface area contributed by atoms with E-state index < -0.39 is 0 Å². The largest absolute Gasteiger partial charge is 0.396 e. The Hall–Kier alpha value is -2.00. The van der Waals surface area contributed by atoms with Crippen LogP contribution in [-0.2, 0) is 6.54 Å². The third-order valence-electron chi connectivity index (χ3n) is 2.41. The van der Waals surface area contributed by atoms with E-state index in [0.717, 1.165) is 23.2 Å². The van der Waals surface area contributed by atoms with E-state index in [1.807, 2.05) is 12.1 Å². The molecule has 0 saturated heterocycles. The molecule has 0 unspecified atom stereocenters. The Labute approximate surface area is 113 Å². The van der Waals surface area contributed by atoms with Crippen molar-refractivity contribution < 1.29 is 0 Å². The molecule has 0 fully saturated rings. The third-order valence-corrected chi connectivity index (χ3v) is 3.07. The second-order valence-electron chi connectivity index (χ2n) is 3.77. The summed E-state index contributed by atoms with van der Waals surface area (Å²) in [4.78, 5) is 0. The van der Waals surface area contributed by atoms with E-state index in [9.17, 15) is 0 Å². The summed E-state index contributed by atoms with van der Waals surface area (Å²) in [7, 11) is 0. The Bertz CT molecular complexity index is 584. The molecule has 2 aromatic rings. The van der Waals surface area contributed by atoms with Gasteiger partial charge in [0.2, 0.25) is 0 Å². The van der Waals surface area contributed by atoms with Gasteiger partial charge in [0.15, 0.2) is 0 Å². The van der Waals surface area contributed by atoms with Gasteiger partial charge in [-0.25, -0.2) is 0 Å². The first kappa shape index (κ1) is 12.5. The lowest BCUT2D eigenvalue weighted by Crippen LogP contribution is -2.10. The van der Waals surface area contributed by atoms with Crippen LogP contribution in [0.1, 0.15) is 5.56 Å². The van der Waals surface area contributed by atoms with Gasteiger partial charge in [0, 0.05) is 22.9 Å². The fraction of sp³-hybridized carbons (Fsp3) is 0.167. The number of hydrogen-bond acceptors (Lipinski definition) is 4. The Morgan fingerprint density at radius 2 is 2.33 bits per heavy atom. The highest BCUT2D eigenvalue weighted by Crippen LogP contribution is 2.20. The van der Waals surface area contributed by atoms with Gasteiger partial charge in [-0.15, -0.1) is 0 Å². The Morgan fingerprint density at radius 1 is 1.50 bits per heavy atom. The van der Waals surface area contributed by atoms with E-state index in [4.69, 9.17) is 11.0 Å². The lowest BCUT2D eigenvalue weighted by Gasteiger charge is -2.07. The number of aromatic nitrogens is 2. The van der Waals surface area contributed by atoms with Crippen molar-refractivity contribution >= 4 is 27.3 Å². The smallest absolute Gasteiger partial charge is 0.100 e. The molecule has 18 heavy (non-hydrogen) atoms. The maximum atomic E-state index is 8.81. The van der Waals surface area contributed by atoms with Crippen LogP contribution >= 0.6 is 15.9 Å². The molecule has 1 aromatic carbocycles. The van der Waals surface area contributed by atoms with E-state index in [1.165, 1.54) is 0 Å². The number of hydrogen-bond donors (Lipinski definition) is 2. The normalized spacial score (nSPS) is 10.0. The summed E-state index contributed by atoms with van der Waals surface area (Å²) in [5.74, 6) is 0. The molecule has 2 rings (SSSR count). The van der Waals surface area contributed by atoms with Crippen molar-refractivity contribution in [2.45, 2.75) is 6.54 Å². The van der Waals surface area contributed by atoms with Crippen LogP contribution in [-0.4, -0.2) is 16.3 Å². The Morgan fingerprint density at radius 3 is 2.94 bits per heavy atom. The van der Waals surface area contributed by atoms with Crippen LogP contribution in [0.3, 0.4) is 0 Å². The van der Waals surface area contributed by atoms with Gasteiger partial charge in [-0.05, 0) is 34.1 Å². The average molecular weight is 306 g/mol. The topological polar surface area (TPSA) is 79.7 Å². The molecule has 0 amide bonds. The van der Waals surface area contributed by atoms with Crippen molar-refractivity contribution in [2.24, 2.45) is 0 Å². The summed E-state index contributed by atoms with van der Waals surface area (Å²) in [5, 5.41) is 16.2. The highest BCUT2D eigenvalue weighted by Gasteiger charge is 2.00. The second-order valence-corrected chi connectivity index (χ2v) is 4.62. The van der Waals surface area contributed by atoms with Crippen molar-refractivity contribution in [3.05, 3.63) is 40.6 Å². The highest BCUT2D eigenvalue weighted by molar-refractivity contribution is 9.10. The number of nitrogens with one attached hydrogen (secondary N) is 1. The first-order valence-corrected chi connectivity index (χ1v) is 6.20. The monoisotopic (exact) mass is 305 g/mol. The molecule has 0 aliphatic heterocycles. The maximum Gasteiger partial charge on any atom is 0.100 e. The van der Waals surface area contributed by atoms with E-state index >= 15 is 0 Å². The van der Waals surface area contributed by atoms with Crippen molar-refractivity contribution in [3.63, 3.8) is 0 Å². The molecule has 0 bridgehead atoms. The molecule has 1 heterocycles. The Balaban J connectivity index is 1.91. The fourth-order valence-corrected chi connectivity index (χ4v) is 2.00. The van der Waals surface area contributed by atoms with E-state index in [0.29, 0.717) is 11.3 Å². The molecule has 0 spiro atoms. The molecule has 0 aliphatic carbocycles. The van der Waals surface area contributed by atoms with E-state index in [1.54, 1.807) is 23.1 Å². The SMILES string of the molecule is N#Cc1ccc(NCCn2cc(N)cn2)cc1Br. The van der Waals surface area contributed by atoms with Crippen LogP contribution in [0.4, 0.5) is 11.4 Å². The van der Waals surface area contributed by atoms with E-state index in [-0.39, 0.29) is 0 Å². The van der Waals surface area contributed by atoms with Crippen LogP contribution in [0.25, 0.3) is 0 Å². The lowest BCUT2D eigenvalue weighted by atomic mass is 10.2. The van der Waals surface area contributed by atoms with Gasteiger partial charge < -0.3 is 11.1 Å². The van der Waals surface area contributed by atoms with Crippen LogP contribution in [0, 0.1) is 11.3 Å². The van der Waals surface area contributed by atoms with Crippen molar-refractivity contribution in [2.75, 3.05) is 17.6 Å². The second kappa shape index (κ2) is 5.56. The van der Waals surface area contributed by atoms with Gasteiger partial charge in [-0.1, -0.05) is 0 Å². The predicted molar refractivity (Wildman–Crippen MR) is 74.0 cm³/mol. The van der Waals surface area contributed by atoms with Crippen molar-refractivity contribution in [1.29, 1.82) is 5.26 Å². The fourth-order valence-electron chi connectivity index (χ4n) is 1.53. The summed E-state index contributed by atoms with van der Waals surface area (Å²) in [5.41, 5.74) is 7.82. The van der Waals surface area contributed by atoms with Crippen LogP contribution in [0.5, 0.6) is 0 Å². The van der Waals surface area contributed by atoms with Crippen molar-refractivity contribution in [1.82, 2.24) is 9.78 Å². The highest BCUT2D eigenvalue weighted by atomic mass is 79.9. The number of halogens is 1. The minimum atomic E-state index is 0.625. The zero-order valence-corrected chi connectivity index (χ0v) is 11.2. The standard InChI is InChI=1S/C12H12BrN5/c13-12-5-11(2-1-9(12)6-14)16-3-4-18-8-10(15)7-17-18/h1-2,5,7-8,16H,3-4,15H2. The summed E-state index contributed by atoms with van der Waals surface area (Å²) < 4.78 is 2.57. The Kier molecular flexibility index (Phi) is 3.85. The van der Waals surface area contributed by atoms with Crippen molar-refractivity contribution in [3.8, 4) is 6.07 Å². The van der Waals surface area contributed by atoms with E-state index in [2.05, 4.69) is 32.4 Å².